The molecule has 0 unspecified atom stereocenters. The Morgan fingerprint density at radius 2 is 2.00 bits per heavy atom. The standard InChI is InChI=1S/C15H26N2O2S2/c1-4-15(5-2)9-10-17(12-15)21(18,19)14-8-7-13(20-14)11-16-6-3/h7-8,16H,4-6,9-12H2,1-3H3. The van der Waals surface area contributed by atoms with Gasteiger partial charge in [-0.1, -0.05) is 20.8 Å². The van der Waals surface area contributed by atoms with Crippen molar-refractivity contribution >= 4 is 21.4 Å². The van der Waals surface area contributed by atoms with Gasteiger partial charge in [0.05, 0.1) is 0 Å². The molecule has 1 saturated heterocycles. The highest BCUT2D eigenvalue weighted by Gasteiger charge is 2.41. The van der Waals surface area contributed by atoms with Crippen molar-refractivity contribution in [2.24, 2.45) is 5.41 Å². The van der Waals surface area contributed by atoms with Gasteiger partial charge >= 0.3 is 0 Å². The predicted octanol–water partition coefficient (Wildman–Crippen LogP) is 3.06. The van der Waals surface area contributed by atoms with Crippen molar-refractivity contribution in [2.45, 2.75) is 50.8 Å². The maximum atomic E-state index is 12.8. The molecule has 120 valence electrons. The molecule has 6 heteroatoms. The summed E-state index contributed by atoms with van der Waals surface area (Å²) >= 11 is 1.39. The second-order valence-electron chi connectivity index (χ2n) is 5.80. The Balaban J connectivity index is 2.14. The Morgan fingerprint density at radius 3 is 2.57 bits per heavy atom. The highest BCUT2D eigenvalue weighted by atomic mass is 32.2. The molecule has 2 rings (SSSR count). The van der Waals surface area contributed by atoms with E-state index in [9.17, 15) is 8.42 Å². The third kappa shape index (κ3) is 3.50. The third-order valence-electron chi connectivity index (χ3n) is 4.68. The van der Waals surface area contributed by atoms with Crippen LogP contribution < -0.4 is 5.32 Å². The van der Waals surface area contributed by atoms with Crippen molar-refractivity contribution in [1.82, 2.24) is 9.62 Å². The lowest BCUT2D eigenvalue weighted by molar-refractivity contribution is 0.280. The lowest BCUT2D eigenvalue weighted by Crippen LogP contribution is -2.31. The second-order valence-corrected chi connectivity index (χ2v) is 9.13. The highest BCUT2D eigenvalue weighted by Crippen LogP contribution is 2.40. The summed E-state index contributed by atoms with van der Waals surface area (Å²) in [6.45, 7) is 9.34. The molecule has 0 atom stereocenters. The molecule has 0 spiro atoms. The average molecular weight is 331 g/mol. The normalized spacial score (nSPS) is 19.2. The van der Waals surface area contributed by atoms with Gasteiger partial charge in [-0.3, -0.25) is 0 Å². The lowest BCUT2D eigenvalue weighted by atomic mass is 9.82. The minimum Gasteiger partial charge on any atom is -0.312 e. The van der Waals surface area contributed by atoms with Gasteiger partial charge in [0.1, 0.15) is 4.21 Å². The number of sulfonamides is 1. The minimum absolute atomic E-state index is 0.178. The maximum absolute atomic E-state index is 12.8. The van der Waals surface area contributed by atoms with Crippen LogP contribution in [-0.2, 0) is 16.6 Å². The van der Waals surface area contributed by atoms with E-state index in [1.165, 1.54) is 11.3 Å². The molecule has 0 saturated carbocycles. The van der Waals surface area contributed by atoms with Crippen LogP contribution in [0.1, 0.15) is 44.9 Å². The van der Waals surface area contributed by atoms with Gasteiger partial charge < -0.3 is 5.32 Å². The van der Waals surface area contributed by atoms with Crippen molar-refractivity contribution < 1.29 is 8.42 Å². The summed E-state index contributed by atoms with van der Waals surface area (Å²) in [6.07, 6.45) is 3.08. The van der Waals surface area contributed by atoms with Crippen LogP contribution in [0.2, 0.25) is 0 Å². The summed E-state index contributed by atoms with van der Waals surface area (Å²) in [4.78, 5) is 1.08. The molecule has 0 amide bonds. The zero-order valence-electron chi connectivity index (χ0n) is 13.2. The van der Waals surface area contributed by atoms with Crippen molar-refractivity contribution in [3.05, 3.63) is 17.0 Å². The van der Waals surface area contributed by atoms with Crippen LogP contribution in [-0.4, -0.2) is 32.4 Å². The number of hydrogen-bond donors (Lipinski definition) is 1. The van der Waals surface area contributed by atoms with Gasteiger partial charge in [0, 0.05) is 24.5 Å². The van der Waals surface area contributed by atoms with Gasteiger partial charge in [-0.2, -0.15) is 4.31 Å². The number of hydrogen-bond acceptors (Lipinski definition) is 4. The predicted molar refractivity (Wildman–Crippen MR) is 88.1 cm³/mol. The van der Waals surface area contributed by atoms with Gasteiger partial charge in [0.25, 0.3) is 10.0 Å². The van der Waals surface area contributed by atoms with E-state index in [0.29, 0.717) is 17.3 Å². The van der Waals surface area contributed by atoms with E-state index in [1.807, 2.05) is 13.0 Å². The summed E-state index contributed by atoms with van der Waals surface area (Å²) < 4.78 is 27.7. The minimum atomic E-state index is -3.31. The van der Waals surface area contributed by atoms with Crippen LogP contribution in [0.25, 0.3) is 0 Å². The summed E-state index contributed by atoms with van der Waals surface area (Å²) in [7, 11) is -3.31. The molecular formula is C15H26N2O2S2. The molecule has 1 fully saturated rings. The molecule has 1 aliphatic heterocycles. The molecular weight excluding hydrogens is 304 g/mol. The van der Waals surface area contributed by atoms with E-state index in [2.05, 4.69) is 19.2 Å². The summed E-state index contributed by atoms with van der Waals surface area (Å²) in [5.74, 6) is 0. The van der Waals surface area contributed by atoms with E-state index in [1.54, 1.807) is 10.4 Å². The third-order valence-corrected chi connectivity index (χ3v) is 8.08. The number of thiophene rings is 1. The summed E-state index contributed by atoms with van der Waals surface area (Å²) in [5, 5.41) is 3.23. The monoisotopic (exact) mass is 330 g/mol. The topological polar surface area (TPSA) is 49.4 Å². The van der Waals surface area contributed by atoms with Crippen molar-refractivity contribution in [2.75, 3.05) is 19.6 Å². The maximum Gasteiger partial charge on any atom is 0.252 e. The van der Waals surface area contributed by atoms with Crippen LogP contribution in [0.3, 0.4) is 0 Å². The quantitative estimate of drug-likeness (QED) is 0.836. The van der Waals surface area contributed by atoms with Gasteiger partial charge in [0.2, 0.25) is 0 Å². The number of rotatable bonds is 7. The highest BCUT2D eigenvalue weighted by molar-refractivity contribution is 7.91. The lowest BCUT2D eigenvalue weighted by Gasteiger charge is -2.26. The Kier molecular flexibility index (Phi) is 5.46. The smallest absolute Gasteiger partial charge is 0.252 e. The molecule has 0 aliphatic carbocycles. The molecule has 0 radical (unpaired) electrons. The van der Waals surface area contributed by atoms with E-state index in [0.717, 1.165) is 37.2 Å². The zero-order valence-corrected chi connectivity index (χ0v) is 14.8. The van der Waals surface area contributed by atoms with E-state index >= 15 is 0 Å². The summed E-state index contributed by atoms with van der Waals surface area (Å²) in [5.41, 5.74) is 0.178. The summed E-state index contributed by atoms with van der Waals surface area (Å²) in [6, 6.07) is 3.67. The Morgan fingerprint density at radius 1 is 1.29 bits per heavy atom. The second kappa shape index (κ2) is 6.77. The van der Waals surface area contributed by atoms with E-state index in [4.69, 9.17) is 0 Å². The molecule has 1 aliphatic rings. The van der Waals surface area contributed by atoms with Gasteiger partial charge in [0.15, 0.2) is 0 Å². The molecule has 0 aromatic carbocycles. The van der Waals surface area contributed by atoms with Crippen LogP contribution in [0.15, 0.2) is 16.3 Å². The van der Waals surface area contributed by atoms with E-state index < -0.39 is 10.0 Å². The average Bonchev–Trinajstić information content (AvgIpc) is 3.13. The molecule has 1 aromatic heterocycles. The SMILES string of the molecule is CCNCc1ccc(S(=O)(=O)N2CCC(CC)(CC)C2)s1. The first-order valence-corrected chi connectivity index (χ1v) is 10.0. The molecule has 21 heavy (non-hydrogen) atoms. The van der Waals surface area contributed by atoms with Gasteiger partial charge in [-0.05, 0) is 43.4 Å². The first-order valence-electron chi connectivity index (χ1n) is 7.77. The van der Waals surface area contributed by atoms with Crippen molar-refractivity contribution in [1.29, 1.82) is 0 Å². The Labute approximate surface area is 132 Å². The first kappa shape index (κ1) is 16.9. The number of nitrogens with zero attached hydrogens (tertiary/aromatic N) is 1. The van der Waals surface area contributed by atoms with Crippen LogP contribution >= 0.6 is 11.3 Å². The van der Waals surface area contributed by atoms with Gasteiger partial charge in [-0.25, -0.2) is 8.42 Å². The Hall–Kier alpha value is -0.430. The molecule has 4 nitrogen and oxygen atoms in total. The van der Waals surface area contributed by atoms with Crippen molar-refractivity contribution in [3.8, 4) is 0 Å². The van der Waals surface area contributed by atoms with Crippen LogP contribution in [0, 0.1) is 5.41 Å². The fraction of sp³-hybridized carbons (Fsp3) is 0.733. The van der Waals surface area contributed by atoms with Crippen molar-refractivity contribution in [3.63, 3.8) is 0 Å². The number of nitrogens with one attached hydrogen (secondary N) is 1. The fourth-order valence-electron chi connectivity index (χ4n) is 2.89. The van der Waals surface area contributed by atoms with E-state index in [-0.39, 0.29) is 5.41 Å². The van der Waals surface area contributed by atoms with Crippen LogP contribution in [0.5, 0.6) is 0 Å². The molecule has 1 aromatic rings. The zero-order chi connectivity index (χ0) is 15.5. The van der Waals surface area contributed by atoms with Gasteiger partial charge in [-0.15, -0.1) is 11.3 Å². The largest absolute Gasteiger partial charge is 0.312 e. The molecule has 1 N–H and O–H groups in total. The van der Waals surface area contributed by atoms with Crippen LogP contribution in [0.4, 0.5) is 0 Å². The fourth-order valence-corrected chi connectivity index (χ4v) is 5.93. The first-order chi connectivity index (χ1) is 9.97. The Bertz CT molecular complexity index is 562. The molecule has 2 heterocycles. The molecule has 0 bridgehead atoms.